The summed E-state index contributed by atoms with van der Waals surface area (Å²) < 4.78 is 18.9. The van der Waals surface area contributed by atoms with Gasteiger partial charge in [-0.2, -0.15) is 0 Å². The van der Waals surface area contributed by atoms with Crippen LogP contribution in [0.2, 0.25) is 0 Å². The number of carboxylic acids is 1. The minimum atomic E-state index is -1.06. The molecule has 25 heavy (non-hydrogen) atoms. The second-order valence-corrected chi connectivity index (χ2v) is 8.61. The maximum Gasteiger partial charge on any atom is 0.408 e. The van der Waals surface area contributed by atoms with Gasteiger partial charge in [0.1, 0.15) is 17.5 Å². The molecular weight excluding hydrogens is 325 g/mol. The predicted octanol–water partition coefficient (Wildman–Crippen LogP) is 3.53. The number of rotatable bonds is 4. The molecule has 1 unspecified atom stereocenters. The van der Waals surface area contributed by atoms with Crippen LogP contribution in [0.5, 0.6) is 0 Å². The van der Waals surface area contributed by atoms with Gasteiger partial charge < -0.3 is 15.2 Å². The van der Waals surface area contributed by atoms with Gasteiger partial charge in [0.05, 0.1) is 0 Å². The number of hydrogen-bond donors (Lipinski definition) is 2. The van der Waals surface area contributed by atoms with Crippen molar-refractivity contribution in [1.29, 1.82) is 0 Å². The number of ether oxygens (including phenoxy) is 1. The van der Waals surface area contributed by atoms with Gasteiger partial charge in [0.2, 0.25) is 0 Å². The van der Waals surface area contributed by atoms with Gasteiger partial charge in [-0.15, -0.1) is 0 Å². The fourth-order valence-corrected chi connectivity index (χ4v) is 4.42. The fourth-order valence-electron chi connectivity index (χ4n) is 4.42. The summed E-state index contributed by atoms with van der Waals surface area (Å²) >= 11 is 0. The highest BCUT2D eigenvalue weighted by molar-refractivity contribution is 5.82. The number of carboxylic acid groups (broad SMARTS) is 1. The smallest absolute Gasteiger partial charge is 0.408 e. The maximum absolute atomic E-state index is 13.7. The van der Waals surface area contributed by atoms with Crippen molar-refractivity contribution >= 4 is 12.1 Å². The number of aliphatic carboxylic acids is 1. The van der Waals surface area contributed by atoms with Crippen LogP contribution < -0.4 is 5.32 Å². The second-order valence-electron chi connectivity index (χ2n) is 8.61. The van der Waals surface area contributed by atoms with E-state index in [1.807, 2.05) is 13.0 Å². The van der Waals surface area contributed by atoms with E-state index in [1.165, 1.54) is 12.1 Å². The lowest BCUT2D eigenvalue weighted by molar-refractivity contribution is -0.183. The van der Waals surface area contributed by atoms with E-state index < -0.39 is 29.1 Å². The summed E-state index contributed by atoms with van der Waals surface area (Å²) in [4.78, 5) is 23.7. The van der Waals surface area contributed by atoms with E-state index in [4.69, 9.17) is 4.74 Å². The molecule has 0 saturated heterocycles. The molecule has 3 saturated carbocycles. The molecule has 2 N–H and O–H groups in total. The van der Waals surface area contributed by atoms with E-state index in [2.05, 4.69) is 5.32 Å². The number of carbonyl (C=O) groups is 2. The van der Waals surface area contributed by atoms with Gasteiger partial charge in [0.15, 0.2) is 0 Å². The largest absolute Gasteiger partial charge is 0.480 e. The van der Waals surface area contributed by atoms with Gasteiger partial charge in [-0.1, -0.05) is 6.07 Å². The van der Waals surface area contributed by atoms with Crippen molar-refractivity contribution in [2.24, 2.45) is 5.41 Å². The van der Waals surface area contributed by atoms with Gasteiger partial charge >= 0.3 is 12.1 Å². The molecule has 3 aliphatic rings. The molecule has 0 radical (unpaired) electrons. The molecular formula is C19H24FNO4. The van der Waals surface area contributed by atoms with Crippen molar-refractivity contribution in [3.8, 4) is 0 Å². The maximum atomic E-state index is 13.7. The third kappa shape index (κ3) is 3.10. The van der Waals surface area contributed by atoms with Gasteiger partial charge in [-0.25, -0.2) is 14.0 Å². The zero-order valence-corrected chi connectivity index (χ0v) is 15.0. The van der Waals surface area contributed by atoms with Gasteiger partial charge in [0, 0.05) is 5.41 Å². The molecule has 136 valence electrons. The second kappa shape index (κ2) is 5.44. The summed E-state index contributed by atoms with van der Waals surface area (Å²) in [6.45, 7) is 7.03. The van der Waals surface area contributed by atoms with Crippen LogP contribution in [0, 0.1) is 18.2 Å². The van der Waals surface area contributed by atoms with Crippen LogP contribution in [0.4, 0.5) is 9.18 Å². The van der Waals surface area contributed by atoms with Crippen LogP contribution in [0.1, 0.15) is 51.2 Å². The van der Waals surface area contributed by atoms with Crippen LogP contribution in [0.3, 0.4) is 0 Å². The Morgan fingerprint density at radius 3 is 2.32 bits per heavy atom. The third-order valence-electron chi connectivity index (χ3n) is 5.25. The van der Waals surface area contributed by atoms with Gasteiger partial charge in [0.25, 0.3) is 0 Å². The van der Waals surface area contributed by atoms with Crippen LogP contribution in [-0.2, 0) is 14.9 Å². The molecule has 0 aromatic heterocycles. The Labute approximate surface area is 146 Å². The van der Waals surface area contributed by atoms with Gasteiger partial charge in [-0.05, 0) is 75.6 Å². The molecule has 5 nitrogen and oxygen atoms in total. The first-order valence-corrected chi connectivity index (χ1v) is 8.45. The lowest BCUT2D eigenvalue weighted by Gasteiger charge is -2.72. The summed E-state index contributed by atoms with van der Waals surface area (Å²) in [5.74, 6) is -1.33. The van der Waals surface area contributed by atoms with E-state index in [-0.39, 0.29) is 11.2 Å². The summed E-state index contributed by atoms with van der Waals surface area (Å²) in [6.07, 6.45) is 1.18. The molecule has 1 amide bonds. The monoisotopic (exact) mass is 349 g/mol. The minimum absolute atomic E-state index is 0.157. The summed E-state index contributed by atoms with van der Waals surface area (Å²) in [5.41, 5.74) is 0.468. The molecule has 6 heteroatoms. The van der Waals surface area contributed by atoms with Crippen molar-refractivity contribution < 1.29 is 23.8 Å². The Morgan fingerprint density at radius 1 is 1.24 bits per heavy atom. The van der Waals surface area contributed by atoms with E-state index in [0.29, 0.717) is 19.3 Å². The lowest BCUT2D eigenvalue weighted by atomic mass is 9.31. The first kappa shape index (κ1) is 17.7. The van der Waals surface area contributed by atoms with Crippen LogP contribution >= 0.6 is 0 Å². The molecule has 0 aliphatic heterocycles. The van der Waals surface area contributed by atoms with Crippen molar-refractivity contribution in [3.05, 3.63) is 35.1 Å². The molecule has 0 heterocycles. The predicted molar refractivity (Wildman–Crippen MR) is 89.9 cm³/mol. The number of aryl methyl sites for hydroxylation is 1. The number of carbonyl (C=O) groups excluding carboxylic acids is 1. The van der Waals surface area contributed by atoms with E-state index in [1.54, 1.807) is 20.8 Å². The molecule has 4 rings (SSSR count). The fraction of sp³-hybridized carbons (Fsp3) is 0.579. The highest BCUT2D eigenvalue weighted by Gasteiger charge is 2.72. The molecule has 3 fully saturated rings. The summed E-state index contributed by atoms with van der Waals surface area (Å²) in [7, 11) is 0. The molecule has 1 aromatic carbocycles. The number of amides is 1. The molecule has 1 aromatic rings. The number of benzene rings is 1. The van der Waals surface area contributed by atoms with Gasteiger partial charge in [-0.3, -0.25) is 0 Å². The minimum Gasteiger partial charge on any atom is -0.480 e. The zero-order chi connectivity index (χ0) is 18.6. The SMILES string of the molecule is Cc1cc(F)cc(C23CC(C(NC(=O)OC(C)(C)C)C(=O)O)(C2)C3)c1. The Kier molecular flexibility index (Phi) is 3.86. The number of alkyl carbamates (subject to hydrolysis) is 1. The standard InChI is InChI=1S/C19H24FNO4/c1-11-5-12(7-13(20)6-11)18-8-19(9-18,10-18)14(15(22)23)21-16(24)25-17(2,3)4/h5-7,14H,8-10H2,1-4H3,(H,21,24)(H,22,23). The van der Waals surface area contributed by atoms with Crippen LogP contribution in [0.15, 0.2) is 18.2 Å². The Hall–Kier alpha value is -2.11. The molecule has 2 bridgehead atoms. The average Bonchev–Trinajstić information content (AvgIpc) is 2.30. The lowest BCUT2D eigenvalue weighted by Crippen LogP contribution is -2.73. The first-order chi connectivity index (χ1) is 11.4. The quantitative estimate of drug-likeness (QED) is 0.872. The molecule has 0 spiro atoms. The third-order valence-corrected chi connectivity index (χ3v) is 5.25. The Balaban J connectivity index is 1.71. The number of nitrogens with one attached hydrogen (secondary N) is 1. The topological polar surface area (TPSA) is 75.6 Å². The van der Waals surface area contributed by atoms with Crippen LogP contribution in [0.25, 0.3) is 0 Å². The van der Waals surface area contributed by atoms with Crippen molar-refractivity contribution in [3.63, 3.8) is 0 Å². The Morgan fingerprint density at radius 2 is 1.84 bits per heavy atom. The zero-order valence-electron chi connectivity index (χ0n) is 15.0. The van der Waals surface area contributed by atoms with E-state index >= 15 is 0 Å². The average molecular weight is 349 g/mol. The van der Waals surface area contributed by atoms with E-state index in [9.17, 15) is 19.1 Å². The van der Waals surface area contributed by atoms with E-state index in [0.717, 1.165) is 11.1 Å². The highest BCUT2D eigenvalue weighted by atomic mass is 19.1. The normalized spacial score (nSPS) is 28.4. The summed E-state index contributed by atoms with van der Waals surface area (Å²) in [6, 6.07) is 3.99. The van der Waals surface area contributed by atoms with Crippen LogP contribution in [-0.4, -0.2) is 28.8 Å². The highest BCUT2D eigenvalue weighted by Crippen LogP contribution is 2.75. The first-order valence-electron chi connectivity index (χ1n) is 8.45. The summed E-state index contributed by atoms with van der Waals surface area (Å²) in [5, 5.41) is 12.1. The van der Waals surface area contributed by atoms with Crippen molar-refractivity contribution in [2.75, 3.05) is 0 Å². The van der Waals surface area contributed by atoms with Crippen molar-refractivity contribution in [2.45, 2.75) is 64.0 Å². The number of halogens is 1. The number of hydrogen-bond acceptors (Lipinski definition) is 3. The Bertz CT molecular complexity index is 697. The van der Waals surface area contributed by atoms with Crippen molar-refractivity contribution in [1.82, 2.24) is 5.32 Å². The molecule has 3 aliphatic carbocycles. The molecule has 1 atom stereocenters.